The van der Waals surface area contributed by atoms with E-state index in [1.54, 1.807) is 6.92 Å². The summed E-state index contributed by atoms with van der Waals surface area (Å²) in [5.41, 5.74) is -1.03. The fourth-order valence-corrected chi connectivity index (χ4v) is 1.13. The van der Waals surface area contributed by atoms with Crippen LogP contribution >= 0.6 is 15.9 Å². The summed E-state index contributed by atoms with van der Waals surface area (Å²) in [6.45, 7) is 1.71. The van der Waals surface area contributed by atoms with Gasteiger partial charge in [0.2, 0.25) is 0 Å². The Morgan fingerprint density at radius 3 is 2.93 bits per heavy atom. The molecule has 1 aromatic rings. The molecule has 1 heterocycles. The molecule has 0 aliphatic heterocycles. The molecule has 1 N–H and O–H groups in total. The number of carbonyl (C=O) groups excluding carboxylic acids is 1. The van der Waals surface area contributed by atoms with E-state index in [2.05, 4.69) is 25.7 Å². The van der Waals surface area contributed by atoms with Gasteiger partial charge in [0.1, 0.15) is 0 Å². The molecule has 0 aliphatic carbocycles. The van der Waals surface area contributed by atoms with Crippen LogP contribution < -0.4 is 5.56 Å². The highest BCUT2D eigenvalue weighted by Gasteiger charge is 2.15. The number of ether oxygens (including phenoxy) is 1. The van der Waals surface area contributed by atoms with Crippen LogP contribution in [0.2, 0.25) is 0 Å². The van der Waals surface area contributed by atoms with Gasteiger partial charge in [-0.05, 0) is 28.9 Å². The number of rotatable bonds is 2. The number of aromatic nitrogens is 1. The molecule has 1 rings (SSSR count). The lowest BCUT2D eigenvalue weighted by Crippen LogP contribution is -2.17. The molecule has 6 heteroatoms. The third kappa shape index (κ3) is 2.20. The summed E-state index contributed by atoms with van der Waals surface area (Å²) in [5, 5.41) is 0. The second-order valence-electron chi connectivity index (χ2n) is 2.39. The Bertz CT molecular complexity index is 416. The van der Waals surface area contributed by atoms with E-state index in [-0.39, 0.29) is 11.1 Å². The molecule has 0 amide bonds. The Kier molecular flexibility index (Phi) is 3.40. The molecule has 0 saturated carbocycles. The van der Waals surface area contributed by atoms with E-state index in [1.165, 1.54) is 0 Å². The Morgan fingerprint density at radius 1 is 1.71 bits per heavy atom. The van der Waals surface area contributed by atoms with Crippen LogP contribution in [0, 0.1) is 5.82 Å². The summed E-state index contributed by atoms with van der Waals surface area (Å²) in [4.78, 5) is 24.2. The number of halogens is 2. The maximum absolute atomic E-state index is 13.1. The first-order chi connectivity index (χ1) is 6.56. The van der Waals surface area contributed by atoms with E-state index in [4.69, 9.17) is 0 Å². The van der Waals surface area contributed by atoms with Crippen LogP contribution in [-0.4, -0.2) is 17.6 Å². The molecule has 1 aromatic heterocycles. The van der Waals surface area contributed by atoms with Crippen molar-refractivity contribution < 1.29 is 13.9 Å². The van der Waals surface area contributed by atoms with Gasteiger partial charge in [0, 0.05) is 0 Å². The molecule has 4 nitrogen and oxygen atoms in total. The van der Waals surface area contributed by atoms with Gasteiger partial charge in [-0.15, -0.1) is 0 Å². The number of H-pyrrole nitrogens is 1. The fraction of sp³-hybridized carbons (Fsp3) is 0.250. The van der Waals surface area contributed by atoms with Crippen molar-refractivity contribution in [1.82, 2.24) is 4.98 Å². The summed E-state index contributed by atoms with van der Waals surface area (Å²) >= 11 is 2.83. The summed E-state index contributed by atoms with van der Waals surface area (Å²) in [6, 6.07) is 0.922. The van der Waals surface area contributed by atoms with Gasteiger partial charge in [-0.1, -0.05) is 0 Å². The average molecular weight is 264 g/mol. The zero-order valence-corrected chi connectivity index (χ0v) is 8.85. The van der Waals surface area contributed by atoms with Crippen LogP contribution in [0.4, 0.5) is 4.39 Å². The molecule has 0 unspecified atom stereocenters. The van der Waals surface area contributed by atoms with E-state index in [0.29, 0.717) is 0 Å². The van der Waals surface area contributed by atoms with Crippen molar-refractivity contribution >= 4 is 21.9 Å². The number of hydrogen-bond acceptors (Lipinski definition) is 3. The Hall–Kier alpha value is -1.17. The van der Waals surface area contributed by atoms with Gasteiger partial charge in [-0.3, -0.25) is 4.79 Å². The molecule has 76 valence electrons. The van der Waals surface area contributed by atoms with Crippen molar-refractivity contribution in [1.29, 1.82) is 0 Å². The SMILES string of the molecule is CCOC(=O)c1[nH]c(=O)c(Br)cc1F. The van der Waals surface area contributed by atoms with E-state index in [9.17, 15) is 14.0 Å². The van der Waals surface area contributed by atoms with Crippen LogP contribution in [0.15, 0.2) is 15.3 Å². The Labute approximate surface area is 87.2 Å². The molecule has 0 aromatic carbocycles. The number of aromatic amines is 1. The lowest BCUT2D eigenvalue weighted by atomic mass is 10.3. The molecule has 0 saturated heterocycles. The van der Waals surface area contributed by atoms with Crippen LogP contribution in [0.1, 0.15) is 17.4 Å². The molecule has 0 bridgehead atoms. The lowest BCUT2D eigenvalue weighted by molar-refractivity contribution is 0.0513. The third-order valence-corrected chi connectivity index (χ3v) is 2.02. The first-order valence-corrected chi connectivity index (χ1v) is 4.61. The highest BCUT2D eigenvalue weighted by atomic mass is 79.9. The molecule has 14 heavy (non-hydrogen) atoms. The standard InChI is InChI=1S/C8H7BrFNO3/c1-2-14-8(13)6-5(10)3-4(9)7(12)11-6/h3H,2H2,1H3,(H,11,12). The van der Waals surface area contributed by atoms with Crippen molar-refractivity contribution in [3.8, 4) is 0 Å². The molecular weight excluding hydrogens is 257 g/mol. The predicted octanol–water partition coefficient (Wildman–Crippen LogP) is 1.45. The zero-order chi connectivity index (χ0) is 10.7. The van der Waals surface area contributed by atoms with Crippen LogP contribution in [-0.2, 0) is 4.74 Å². The second-order valence-corrected chi connectivity index (χ2v) is 3.24. The average Bonchev–Trinajstić information content (AvgIpc) is 2.11. The maximum atomic E-state index is 13.1. The molecule has 0 radical (unpaired) electrons. The molecule has 0 fully saturated rings. The number of carbonyl (C=O) groups is 1. The number of esters is 1. The number of nitrogens with one attached hydrogen (secondary N) is 1. The van der Waals surface area contributed by atoms with Crippen molar-refractivity contribution in [2.45, 2.75) is 6.92 Å². The van der Waals surface area contributed by atoms with E-state index in [0.717, 1.165) is 6.07 Å². The van der Waals surface area contributed by atoms with Gasteiger partial charge in [0.05, 0.1) is 11.1 Å². The highest BCUT2D eigenvalue weighted by molar-refractivity contribution is 9.10. The van der Waals surface area contributed by atoms with Crippen molar-refractivity contribution in [3.05, 3.63) is 32.4 Å². The largest absolute Gasteiger partial charge is 0.461 e. The normalized spacial score (nSPS) is 9.93. The van der Waals surface area contributed by atoms with E-state index >= 15 is 0 Å². The molecule has 0 atom stereocenters. The van der Waals surface area contributed by atoms with Gasteiger partial charge in [-0.2, -0.15) is 0 Å². The van der Waals surface area contributed by atoms with Crippen LogP contribution in [0.5, 0.6) is 0 Å². The smallest absolute Gasteiger partial charge is 0.357 e. The predicted molar refractivity (Wildman–Crippen MR) is 50.7 cm³/mol. The summed E-state index contributed by atoms with van der Waals surface area (Å²) in [6.07, 6.45) is 0. The quantitative estimate of drug-likeness (QED) is 0.822. The summed E-state index contributed by atoms with van der Waals surface area (Å²) in [5.74, 6) is -1.70. The minimum absolute atomic E-state index is 0.0306. The zero-order valence-electron chi connectivity index (χ0n) is 7.27. The number of pyridine rings is 1. The minimum Gasteiger partial charge on any atom is -0.461 e. The molecular formula is C8H7BrFNO3. The van der Waals surface area contributed by atoms with Gasteiger partial charge in [-0.25, -0.2) is 9.18 Å². The monoisotopic (exact) mass is 263 g/mol. The van der Waals surface area contributed by atoms with Crippen LogP contribution in [0.25, 0.3) is 0 Å². The van der Waals surface area contributed by atoms with Crippen LogP contribution in [0.3, 0.4) is 0 Å². The van der Waals surface area contributed by atoms with Gasteiger partial charge in [0.15, 0.2) is 11.5 Å². The lowest BCUT2D eigenvalue weighted by Gasteiger charge is -2.02. The van der Waals surface area contributed by atoms with Crippen molar-refractivity contribution in [2.75, 3.05) is 6.61 Å². The fourth-order valence-electron chi connectivity index (χ4n) is 0.834. The topological polar surface area (TPSA) is 59.2 Å². The molecule has 0 aliphatic rings. The summed E-state index contributed by atoms with van der Waals surface area (Å²) in [7, 11) is 0. The van der Waals surface area contributed by atoms with Gasteiger partial charge >= 0.3 is 5.97 Å². The minimum atomic E-state index is -0.880. The Balaban J connectivity index is 3.16. The second kappa shape index (κ2) is 4.36. The van der Waals surface area contributed by atoms with E-state index < -0.39 is 23.0 Å². The van der Waals surface area contributed by atoms with Gasteiger partial charge in [0.25, 0.3) is 5.56 Å². The van der Waals surface area contributed by atoms with Crippen molar-refractivity contribution in [3.63, 3.8) is 0 Å². The first kappa shape index (κ1) is 10.9. The third-order valence-electron chi connectivity index (χ3n) is 1.43. The van der Waals surface area contributed by atoms with Crippen molar-refractivity contribution in [2.24, 2.45) is 0 Å². The first-order valence-electron chi connectivity index (χ1n) is 3.81. The van der Waals surface area contributed by atoms with Gasteiger partial charge < -0.3 is 9.72 Å². The van der Waals surface area contributed by atoms with E-state index in [1.807, 2.05) is 0 Å². The maximum Gasteiger partial charge on any atom is 0.357 e. The highest BCUT2D eigenvalue weighted by Crippen LogP contribution is 2.09. The Morgan fingerprint density at radius 2 is 2.36 bits per heavy atom. The number of hydrogen-bond donors (Lipinski definition) is 1. The summed E-state index contributed by atoms with van der Waals surface area (Å²) < 4.78 is 17.7. The molecule has 0 spiro atoms.